The molecule has 0 aliphatic heterocycles. The predicted molar refractivity (Wildman–Crippen MR) is 92.0 cm³/mol. The molecule has 2 N–H and O–H groups in total. The monoisotopic (exact) mass is 319 g/mol. The quantitative estimate of drug-likeness (QED) is 0.762. The van der Waals surface area contributed by atoms with Gasteiger partial charge in [-0.2, -0.15) is 4.98 Å². The number of rotatable bonds is 2. The molecule has 0 unspecified atom stereocenters. The van der Waals surface area contributed by atoms with E-state index < -0.39 is 5.69 Å². The molecule has 0 saturated heterocycles. The summed E-state index contributed by atoms with van der Waals surface area (Å²) in [4.78, 5) is 31.1. The first-order chi connectivity index (χ1) is 11.7. The van der Waals surface area contributed by atoms with E-state index in [0.717, 1.165) is 24.8 Å². The van der Waals surface area contributed by atoms with E-state index in [1.165, 1.54) is 5.56 Å². The second kappa shape index (κ2) is 5.92. The molecule has 24 heavy (non-hydrogen) atoms. The minimum absolute atomic E-state index is 0.0395. The number of carbonyl (C=O) groups is 1. The lowest BCUT2D eigenvalue weighted by Crippen LogP contribution is -2.33. The molecule has 0 spiro atoms. The molecule has 3 aromatic rings. The van der Waals surface area contributed by atoms with Crippen LogP contribution in [0.3, 0.4) is 0 Å². The largest absolute Gasteiger partial charge is 0.346 e. The predicted octanol–water partition coefficient (Wildman–Crippen LogP) is 2.73. The Morgan fingerprint density at radius 3 is 2.83 bits per heavy atom. The number of aromatic amines is 1. The van der Waals surface area contributed by atoms with Crippen molar-refractivity contribution >= 4 is 16.8 Å². The molecule has 1 aliphatic carbocycles. The average molecular weight is 319 g/mol. The standard InChI is InChI=1S/C19H17N3O2/c23-18(17-14-9-3-4-10-16(14)21-19(24)22-17)20-15-11-5-7-12-6-1-2-8-13(12)15/h1-4,6,8-10,15H,5,7,11H2,(H,20,23)(H,21,22,24)/t15-/m0/s1. The van der Waals surface area contributed by atoms with Crippen LogP contribution in [0.25, 0.3) is 10.9 Å². The van der Waals surface area contributed by atoms with Gasteiger partial charge in [0, 0.05) is 5.39 Å². The van der Waals surface area contributed by atoms with E-state index in [4.69, 9.17) is 0 Å². The Hall–Kier alpha value is -2.95. The van der Waals surface area contributed by atoms with Crippen molar-refractivity contribution in [3.05, 3.63) is 75.8 Å². The summed E-state index contributed by atoms with van der Waals surface area (Å²) < 4.78 is 0. The van der Waals surface area contributed by atoms with E-state index in [9.17, 15) is 9.59 Å². The molecule has 0 radical (unpaired) electrons. The van der Waals surface area contributed by atoms with Gasteiger partial charge in [-0.05, 0) is 36.5 Å². The van der Waals surface area contributed by atoms with Gasteiger partial charge in [0.1, 0.15) is 5.69 Å². The van der Waals surface area contributed by atoms with Crippen LogP contribution in [0.15, 0.2) is 53.3 Å². The molecule has 1 aromatic heterocycles. The third kappa shape index (κ3) is 2.58. The fourth-order valence-corrected chi connectivity index (χ4v) is 3.41. The number of para-hydroxylation sites is 1. The number of benzene rings is 2. The van der Waals surface area contributed by atoms with Crippen LogP contribution < -0.4 is 11.0 Å². The zero-order chi connectivity index (χ0) is 16.5. The fourth-order valence-electron chi connectivity index (χ4n) is 3.41. The van der Waals surface area contributed by atoms with Crippen molar-refractivity contribution in [2.45, 2.75) is 25.3 Å². The number of aryl methyl sites for hydroxylation is 1. The van der Waals surface area contributed by atoms with E-state index in [1.54, 1.807) is 12.1 Å². The van der Waals surface area contributed by atoms with Gasteiger partial charge < -0.3 is 10.3 Å². The number of hydrogen-bond donors (Lipinski definition) is 2. The van der Waals surface area contributed by atoms with Gasteiger partial charge >= 0.3 is 5.69 Å². The molecule has 5 heteroatoms. The lowest BCUT2D eigenvalue weighted by Gasteiger charge is -2.26. The minimum Gasteiger partial charge on any atom is -0.344 e. The third-order valence-corrected chi connectivity index (χ3v) is 4.53. The summed E-state index contributed by atoms with van der Waals surface area (Å²) in [6.07, 6.45) is 2.96. The van der Waals surface area contributed by atoms with Crippen molar-refractivity contribution in [3.8, 4) is 0 Å². The number of hydrogen-bond acceptors (Lipinski definition) is 3. The Kier molecular flexibility index (Phi) is 3.61. The van der Waals surface area contributed by atoms with Gasteiger partial charge in [0.2, 0.25) is 0 Å². The normalized spacial score (nSPS) is 16.6. The molecule has 120 valence electrons. The molecule has 2 aromatic carbocycles. The molecule has 0 saturated carbocycles. The Bertz CT molecular complexity index is 978. The molecule has 1 atom stereocenters. The molecule has 1 heterocycles. The number of aromatic nitrogens is 2. The van der Waals surface area contributed by atoms with Gasteiger partial charge in [-0.1, -0.05) is 42.5 Å². The summed E-state index contributed by atoms with van der Waals surface area (Å²) in [6.45, 7) is 0. The Morgan fingerprint density at radius 1 is 1.12 bits per heavy atom. The van der Waals surface area contributed by atoms with Crippen LogP contribution in [-0.4, -0.2) is 15.9 Å². The van der Waals surface area contributed by atoms with Gasteiger partial charge in [-0.3, -0.25) is 4.79 Å². The lowest BCUT2D eigenvalue weighted by atomic mass is 9.87. The lowest BCUT2D eigenvalue weighted by molar-refractivity contribution is 0.0929. The maximum Gasteiger partial charge on any atom is 0.346 e. The van der Waals surface area contributed by atoms with E-state index in [2.05, 4.69) is 27.4 Å². The second-order valence-electron chi connectivity index (χ2n) is 6.05. The summed E-state index contributed by atoms with van der Waals surface area (Å²) >= 11 is 0. The van der Waals surface area contributed by atoms with Crippen molar-refractivity contribution in [1.29, 1.82) is 0 Å². The molecule has 0 fully saturated rings. The molecule has 0 bridgehead atoms. The van der Waals surface area contributed by atoms with Gasteiger partial charge in [-0.25, -0.2) is 4.79 Å². The first-order valence-corrected chi connectivity index (χ1v) is 8.10. The van der Waals surface area contributed by atoms with Crippen LogP contribution in [-0.2, 0) is 6.42 Å². The molecular formula is C19H17N3O2. The summed E-state index contributed by atoms with van der Waals surface area (Å²) in [5.41, 5.74) is 2.72. The van der Waals surface area contributed by atoms with Crippen molar-refractivity contribution < 1.29 is 4.79 Å². The third-order valence-electron chi connectivity index (χ3n) is 4.53. The Morgan fingerprint density at radius 2 is 1.92 bits per heavy atom. The minimum atomic E-state index is -0.511. The highest BCUT2D eigenvalue weighted by atomic mass is 16.2. The van der Waals surface area contributed by atoms with E-state index in [0.29, 0.717) is 10.9 Å². The van der Waals surface area contributed by atoms with Crippen LogP contribution in [0.5, 0.6) is 0 Å². The van der Waals surface area contributed by atoms with Gasteiger partial charge in [-0.15, -0.1) is 0 Å². The van der Waals surface area contributed by atoms with Crippen LogP contribution in [0.1, 0.15) is 40.5 Å². The maximum absolute atomic E-state index is 12.8. The van der Waals surface area contributed by atoms with Crippen LogP contribution in [0.4, 0.5) is 0 Å². The summed E-state index contributed by atoms with van der Waals surface area (Å²) in [5.74, 6) is -0.306. The molecule has 4 rings (SSSR count). The Balaban J connectivity index is 1.70. The summed E-state index contributed by atoms with van der Waals surface area (Å²) in [6, 6.07) is 15.3. The molecular weight excluding hydrogens is 302 g/mol. The summed E-state index contributed by atoms with van der Waals surface area (Å²) in [7, 11) is 0. The summed E-state index contributed by atoms with van der Waals surface area (Å²) in [5, 5.41) is 3.71. The van der Waals surface area contributed by atoms with Crippen molar-refractivity contribution in [3.63, 3.8) is 0 Å². The van der Waals surface area contributed by atoms with Gasteiger partial charge in [0.15, 0.2) is 0 Å². The van der Waals surface area contributed by atoms with Crippen molar-refractivity contribution in [2.24, 2.45) is 0 Å². The van der Waals surface area contributed by atoms with Crippen LogP contribution >= 0.6 is 0 Å². The number of H-pyrrole nitrogens is 1. The molecule has 1 amide bonds. The fraction of sp³-hybridized carbons (Fsp3) is 0.211. The SMILES string of the molecule is O=C(N[C@H]1CCCc2ccccc21)c1nc(=O)[nH]c2ccccc12. The zero-order valence-corrected chi connectivity index (χ0v) is 13.1. The first-order valence-electron chi connectivity index (χ1n) is 8.10. The highest BCUT2D eigenvalue weighted by Crippen LogP contribution is 2.29. The Labute approximate surface area is 138 Å². The molecule has 5 nitrogen and oxygen atoms in total. The zero-order valence-electron chi connectivity index (χ0n) is 13.1. The van der Waals surface area contributed by atoms with Gasteiger partial charge in [0.05, 0.1) is 11.6 Å². The number of carbonyl (C=O) groups excluding carboxylic acids is 1. The first kappa shape index (κ1) is 14.6. The molecule has 1 aliphatic rings. The van der Waals surface area contributed by atoms with Gasteiger partial charge in [0.25, 0.3) is 5.91 Å². The van der Waals surface area contributed by atoms with E-state index >= 15 is 0 Å². The van der Waals surface area contributed by atoms with Crippen molar-refractivity contribution in [2.75, 3.05) is 0 Å². The highest BCUT2D eigenvalue weighted by molar-refractivity contribution is 6.04. The topological polar surface area (TPSA) is 74.8 Å². The maximum atomic E-state index is 12.8. The number of nitrogens with zero attached hydrogens (tertiary/aromatic N) is 1. The second-order valence-corrected chi connectivity index (χ2v) is 6.05. The number of fused-ring (bicyclic) bond motifs is 2. The highest BCUT2D eigenvalue weighted by Gasteiger charge is 2.23. The van der Waals surface area contributed by atoms with Crippen molar-refractivity contribution in [1.82, 2.24) is 15.3 Å². The van der Waals surface area contributed by atoms with E-state index in [1.807, 2.05) is 24.3 Å². The number of amides is 1. The van der Waals surface area contributed by atoms with E-state index in [-0.39, 0.29) is 17.6 Å². The average Bonchev–Trinajstić information content (AvgIpc) is 2.61. The van der Waals surface area contributed by atoms with Crippen LogP contribution in [0, 0.1) is 0 Å². The number of nitrogens with one attached hydrogen (secondary N) is 2. The van der Waals surface area contributed by atoms with Crippen LogP contribution in [0.2, 0.25) is 0 Å². The smallest absolute Gasteiger partial charge is 0.344 e.